The van der Waals surface area contributed by atoms with Crippen molar-refractivity contribution < 1.29 is 9.59 Å². The lowest BCUT2D eigenvalue weighted by Crippen LogP contribution is -2.27. The number of carbonyl (C=O) groups excluding carboxylic acids is 2. The van der Waals surface area contributed by atoms with Gasteiger partial charge in [0.25, 0.3) is 0 Å². The molecular weight excluding hydrogens is 188 g/mol. The Morgan fingerprint density at radius 3 is 2.40 bits per heavy atom. The molecule has 0 aromatic heterocycles. The second kappa shape index (κ2) is 5.84. The molecule has 0 spiro atoms. The van der Waals surface area contributed by atoms with Crippen molar-refractivity contribution in [1.29, 1.82) is 0 Å². The standard InChI is InChI=1S/C13H20O2/c1-10(14)13(11(2)15)12-8-6-4-3-5-7-9-12/h6,8,12-13H,3-5,7,9H2,1-2H3. The van der Waals surface area contributed by atoms with Crippen molar-refractivity contribution in [2.45, 2.75) is 46.0 Å². The number of rotatable bonds is 3. The molecule has 1 unspecified atom stereocenters. The highest BCUT2D eigenvalue weighted by Crippen LogP contribution is 2.25. The number of ketones is 2. The SMILES string of the molecule is CC(=O)C(C(C)=O)C1C=CCCCCC1. The van der Waals surface area contributed by atoms with Gasteiger partial charge >= 0.3 is 0 Å². The van der Waals surface area contributed by atoms with Crippen molar-refractivity contribution in [3.8, 4) is 0 Å². The second-order valence-electron chi connectivity index (χ2n) is 4.43. The lowest BCUT2D eigenvalue weighted by molar-refractivity contribution is -0.132. The fourth-order valence-electron chi connectivity index (χ4n) is 2.35. The highest BCUT2D eigenvalue weighted by Gasteiger charge is 2.27. The van der Waals surface area contributed by atoms with Gasteiger partial charge in [0, 0.05) is 0 Å². The van der Waals surface area contributed by atoms with Crippen LogP contribution in [0.15, 0.2) is 12.2 Å². The van der Waals surface area contributed by atoms with Crippen LogP contribution >= 0.6 is 0 Å². The van der Waals surface area contributed by atoms with Gasteiger partial charge < -0.3 is 0 Å². The number of hydrogen-bond acceptors (Lipinski definition) is 2. The first-order valence-corrected chi connectivity index (χ1v) is 5.80. The van der Waals surface area contributed by atoms with Crippen molar-refractivity contribution in [2.24, 2.45) is 11.8 Å². The van der Waals surface area contributed by atoms with Crippen LogP contribution in [-0.2, 0) is 9.59 Å². The summed E-state index contributed by atoms with van der Waals surface area (Å²) in [7, 11) is 0. The molecule has 1 rings (SSSR count). The minimum absolute atomic E-state index is 0.0118. The summed E-state index contributed by atoms with van der Waals surface area (Å²) in [5, 5.41) is 0. The van der Waals surface area contributed by atoms with Gasteiger partial charge in [0.05, 0.1) is 5.92 Å². The van der Waals surface area contributed by atoms with E-state index in [4.69, 9.17) is 0 Å². The molecule has 0 amide bonds. The Hall–Kier alpha value is -0.920. The van der Waals surface area contributed by atoms with E-state index >= 15 is 0 Å². The van der Waals surface area contributed by atoms with E-state index < -0.39 is 5.92 Å². The smallest absolute Gasteiger partial charge is 0.140 e. The van der Waals surface area contributed by atoms with Gasteiger partial charge in [-0.15, -0.1) is 0 Å². The molecule has 0 N–H and O–H groups in total. The molecule has 15 heavy (non-hydrogen) atoms. The van der Waals surface area contributed by atoms with Crippen molar-refractivity contribution in [2.75, 3.05) is 0 Å². The molecule has 0 radical (unpaired) electrons. The van der Waals surface area contributed by atoms with Crippen LogP contribution in [0.3, 0.4) is 0 Å². The van der Waals surface area contributed by atoms with Crippen molar-refractivity contribution in [1.82, 2.24) is 0 Å². The van der Waals surface area contributed by atoms with E-state index in [-0.39, 0.29) is 17.5 Å². The van der Waals surface area contributed by atoms with E-state index in [2.05, 4.69) is 12.2 Å². The molecule has 1 atom stereocenters. The summed E-state index contributed by atoms with van der Waals surface area (Å²) in [6, 6.07) is 0. The molecule has 0 aromatic rings. The zero-order chi connectivity index (χ0) is 11.3. The van der Waals surface area contributed by atoms with Crippen LogP contribution < -0.4 is 0 Å². The third-order valence-corrected chi connectivity index (χ3v) is 3.10. The summed E-state index contributed by atoms with van der Waals surface area (Å²) in [6.45, 7) is 3.05. The van der Waals surface area contributed by atoms with E-state index in [0.717, 1.165) is 19.3 Å². The normalized spacial score (nSPS) is 22.2. The number of hydrogen-bond donors (Lipinski definition) is 0. The molecule has 0 fully saturated rings. The lowest BCUT2D eigenvalue weighted by Gasteiger charge is -2.21. The quantitative estimate of drug-likeness (QED) is 0.528. The van der Waals surface area contributed by atoms with Crippen LogP contribution in [0.25, 0.3) is 0 Å². The molecule has 2 nitrogen and oxygen atoms in total. The zero-order valence-corrected chi connectivity index (χ0v) is 9.66. The van der Waals surface area contributed by atoms with Gasteiger partial charge in [-0.2, -0.15) is 0 Å². The topological polar surface area (TPSA) is 34.1 Å². The van der Waals surface area contributed by atoms with E-state index in [1.165, 1.54) is 26.7 Å². The van der Waals surface area contributed by atoms with Crippen LogP contribution in [0.5, 0.6) is 0 Å². The molecule has 0 bridgehead atoms. The van der Waals surface area contributed by atoms with Crippen molar-refractivity contribution in [3.63, 3.8) is 0 Å². The van der Waals surface area contributed by atoms with Gasteiger partial charge in [-0.3, -0.25) is 9.59 Å². The van der Waals surface area contributed by atoms with Gasteiger partial charge in [-0.1, -0.05) is 25.0 Å². The molecule has 1 aliphatic carbocycles. The van der Waals surface area contributed by atoms with E-state index in [9.17, 15) is 9.59 Å². The van der Waals surface area contributed by atoms with Crippen molar-refractivity contribution in [3.05, 3.63) is 12.2 Å². The van der Waals surface area contributed by atoms with Gasteiger partial charge in [0.1, 0.15) is 11.6 Å². The fourth-order valence-corrected chi connectivity index (χ4v) is 2.35. The largest absolute Gasteiger partial charge is 0.299 e. The maximum absolute atomic E-state index is 11.4. The molecule has 84 valence electrons. The van der Waals surface area contributed by atoms with Gasteiger partial charge in [-0.25, -0.2) is 0 Å². The Labute approximate surface area is 91.7 Å². The molecule has 0 saturated carbocycles. The first-order chi connectivity index (χ1) is 7.13. The van der Waals surface area contributed by atoms with Gasteiger partial charge in [0.2, 0.25) is 0 Å². The predicted molar refractivity (Wildman–Crippen MR) is 60.6 cm³/mol. The monoisotopic (exact) mass is 208 g/mol. The Morgan fingerprint density at radius 1 is 1.13 bits per heavy atom. The molecule has 0 saturated heterocycles. The van der Waals surface area contributed by atoms with Gasteiger partial charge in [0.15, 0.2) is 0 Å². The van der Waals surface area contributed by atoms with E-state index in [1.54, 1.807) is 0 Å². The molecule has 1 aliphatic rings. The van der Waals surface area contributed by atoms with Crippen LogP contribution in [-0.4, -0.2) is 11.6 Å². The summed E-state index contributed by atoms with van der Waals surface area (Å²) in [6.07, 6.45) is 9.83. The Kier molecular flexibility index (Phi) is 4.73. The molecule has 2 heteroatoms. The highest BCUT2D eigenvalue weighted by atomic mass is 16.1. The Bertz CT molecular complexity index is 252. The minimum atomic E-state index is -0.403. The maximum Gasteiger partial charge on any atom is 0.140 e. The number of Topliss-reactive ketones (excluding diaryl/α,β-unsaturated/α-hetero) is 2. The Morgan fingerprint density at radius 2 is 1.80 bits per heavy atom. The third kappa shape index (κ3) is 3.61. The molecule has 0 heterocycles. The summed E-state index contributed by atoms with van der Waals surface area (Å²) in [5.74, 6) is -0.241. The summed E-state index contributed by atoms with van der Waals surface area (Å²) in [4.78, 5) is 22.9. The summed E-state index contributed by atoms with van der Waals surface area (Å²) < 4.78 is 0. The lowest BCUT2D eigenvalue weighted by atomic mass is 9.81. The third-order valence-electron chi connectivity index (χ3n) is 3.10. The fraction of sp³-hybridized carbons (Fsp3) is 0.692. The van der Waals surface area contributed by atoms with Crippen molar-refractivity contribution >= 4 is 11.6 Å². The highest BCUT2D eigenvalue weighted by molar-refractivity contribution is 6.00. The number of allylic oxidation sites excluding steroid dienone is 2. The Balaban J connectivity index is 2.75. The maximum atomic E-state index is 11.4. The first-order valence-electron chi connectivity index (χ1n) is 5.80. The summed E-state index contributed by atoms with van der Waals surface area (Å²) >= 11 is 0. The number of carbonyl (C=O) groups is 2. The van der Waals surface area contributed by atoms with Crippen LogP contribution in [0.1, 0.15) is 46.0 Å². The zero-order valence-electron chi connectivity index (χ0n) is 9.66. The second-order valence-corrected chi connectivity index (χ2v) is 4.43. The molecule has 0 aromatic carbocycles. The van der Waals surface area contributed by atoms with Crippen LogP contribution in [0, 0.1) is 11.8 Å². The average molecular weight is 208 g/mol. The van der Waals surface area contributed by atoms with E-state index in [1.807, 2.05) is 0 Å². The van der Waals surface area contributed by atoms with Crippen LogP contribution in [0.4, 0.5) is 0 Å². The molecular formula is C13H20O2. The predicted octanol–water partition coefficient (Wildman–Crippen LogP) is 2.92. The van der Waals surface area contributed by atoms with Crippen LogP contribution in [0.2, 0.25) is 0 Å². The summed E-state index contributed by atoms with van der Waals surface area (Å²) in [5.41, 5.74) is 0. The minimum Gasteiger partial charge on any atom is -0.299 e. The van der Waals surface area contributed by atoms with E-state index in [0.29, 0.717) is 0 Å². The molecule has 0 aliphatic heterocycles. The van der Waals surface area contributed by atoms with Gasteiger partial charge in [-0.05, 0) is 39.0 Å². The first kappa shape index (κ1) is 12.2. The average Bonchev–Trinajstić information content (AvgIpc) is 2.07.